The molecule has 0 bridgehead atoms. The molecule has 1 amide bonds. The lowest BCUT2D eigenvalue weighted by atomic mass is 9.66. The van der Waals surface area contributed by atoms with Crippen LogP contribution in [0, 0.1) is 12.8 Å². The molecule has 1 saturated carbocycles. The number of aryl methyl sites for hydroxylation is 1. The van der Waals surface area contributed by atoms with Crippen molar-refractivity contribution in [3.05, 3.63) is 59.7 Å². The molecule has 0 aromatic heterocycles. The number of nitrogens with zero attached hydrogens (tertiary/aromatic N) is 1. The molecule has 2 aromatic rings. The Bertz CT molecular complexity index is 865. The number of nitrogens with one attached hydrogen (secondary N) is 1. The van der Waals surface area contributed by atoms with Gasteiger partial charge in [0.1, 0.15) is 5.75 Å². The predicted octanol–water partition coefficient (Wildman–Crippen LogP) is 4.31. The molecule has 30 heavy (non-hydrogen) atoms. The molecular formula is C25H32N2O3. The zero-order valence-electron chi connectivity index (χ0n) is 17.9. The van der Waals surface area contributed by atoms with Gasteiger partial charge in [-0.2, -0.15) is 0 Å². The molecule has 0 unspecified atom stereocenters. The third-order valence-electron chi connectivity index (χ3n) is 6.81. The summed E-state index contributed by atoms with van der Waals surface area (Å²) in [6.45, 7) is 3.06. The highest BCUT2D eigenvalue weighted by Gasteiger charge is 2.49. The van der Waals surface area contributed by atoms with Crippen molar-refractivity contribution in [3.63, 3.8) is 0 Å². The second-order valence-electron chi connectivity index (χ2n) is 8.81. The molecule has 1 saturated heterocycles. The number of rotatable bonds is 5. The number of carbonyl (C=O) groups is 1. The Morgan fingerprint density at radius 3 is 2.57 bits per heavy atom. The van der Waals surface area contributed by atoms with Crippen LogP contribution in [0.5, 0.6) is 5.75 Å². The first-order valence-corrected chi connectivity index (χ1v) is 11.0. The standard InChI is InChI=1S/C25H32N2O3/c1-18-6-10-20(11-7-18)26-23(28)17-27-16-15-25(29)14-4-3-5-22(25)24(27)19-8-12-21(30-2)13-9-19/h6-13,22,24,29H,3-5,14-17H2,1-2H3,(H,26,28)/t22-,24-,25-/m1/s1. The number of benzene rings is 2. The van der Waals surface area contributed by atoms with Crippen molar-refractivity contribution in [3.8, 4) is 5.75 Å². The third-order valence-corrected chi connectivity index (χ3v) is 6.81. The molecule has 1 aliphatic carbocycles. The Labute approximate surface area is 179 Å². The van der Waals surface area contributed by atoms with E-state index in [1.54, 1.807) is 7.11 Å². The van der Waals surface area contributed by atoms with Gasteiger partial charge in [0.15, 0.2) is 0 Å². The van der Waals surface area contributed by atoms with Crippen LogP contribution in [0.15, 0.2) is 48.5 Å². The lowest BCUT2D eigenvalue weighted by Crippen LogP contribution is -2.56. The Morgan fingerprint density at radius 2 is 1.87 bits per heavy atom. The average molecular weight is 409 g/mol. The van der Waals surface area contributed by atoms with Gasteiger partial charge in [-0.15, -0.1) is 0 Å². The summed E-state index contributed by atoms with van der Waals surface area (Å²) in [5.74, 6) is 0.941. The van der Waals surface area contributed by atoms with E-state index in [0.717, 1.165) is 49.1 Å². The number of carbonyl (C=O) groups excluding carboxylic acids is 1. The first kappa shape index (κ1) is 20.9. The number of anilines is 1. The molecule has 1 aliphatic heterocycles. The van der Waals surface area contributed by atoms with Gasteiger partial charge in [0.05, 0.1) is 19.3 Å². The van der Waals surface area contributed by atoms with E-state index in [1.165, 1.54) is 5.56 Å². The molecule has 2 aromatic carbocycles. The summed E-state index contributed by atoms with van der Waals surface area (Å²) in [5, 5.41) is 14.4. The maximum Gasteiger partial charge on any atom is 0.238 e. The number of amides is 1. The molecule has 2 N–H and O–H groups in total. The molecule has 4 rings (SSSR count). The van der Waals surface area contributed by atoms with Crippen LogP contribution in [0.1, 0.15) is 49.3 Å². The van der Waals surface area contributed by atoms with E-state index in [9.17, 15) is 9.90 Å². The molecule has 5 nitrogen and oxygen atoms in total. The highest BCUT2D eigenvalue weighted by atomic mass is 16.5. The molecule has 0 radical (unpaired) electrons. The number of fused-ring (bicyclic) bond motifs is 1. The first-order valence-electron chi connectivity index (χ1n) is 11.0. The van der Waals surface area contributed by atoms with Crippen molar-refractivity contribution in [2.24, 2.45) is 5.92 Å². The summed E-state index contributed by atoms with van der Waals surface area (Å²) >= 11 is 0. The third kappa shape index (κ3) is 4.37. The first-order chi connectivity index (χ1) is 14.5. The Balaban J connectivity index is 1.56. The largest absolute Gasteiger partial charge is 0.497 e. The minimum Gasteiger partial charge on any atom is -0.497 e. The van der Waals surface area contributed by atoms with Crippen molar-refractivity contribution in [1.82, 2.24) is 4.90 Å². The Hall–Kier alpha value is -2.37. The second kappa shape index (κ2) is 8.78. The van der Waals surface area contributed by atoms with Gasteiger partial charge >= 0.3 is 0 Å². The number of piperidine rings is 1. The molecule has 1 heterocycles. The lowest BCUT2D eigenvalue weighted by Gasteiger charge is -2.52. The SMILES string of the molecule is COc1ccc([C@@H]2[C@H]3CCCC[C@@]3(O)CCN2CC(=O)Nc2ccc(C)cc2)cc1. The van der Waals surface area contributed by atoms with E-state index in [1.807, 2.05) is 43.3 Å². The quantitative estimate of drug-likeness (QED) is 0.774. The van der Waals surface area contributed by atoms with E-state index in [2.05, 4.69) is 22.3 Å². The summed E-state index contributed by atoms with van der Waals surface area (Å²) in [5.41, 5.74) is 2.49. The monoisotopic (exact) mass is 408 g/mol. The van der Waals surface area contributed by atoms with E-state index in [4.69, 9.17) is 4.74 Å². The van der Waals surface area contributed by atoms with Gasteiger partial charge in [0, 0.05) is 24.2 Å². The topological polar surface area (TPSA) is 61.8 Å². The van der Waals surface area contributed by atoms with Crippen molar-refractivity contribution < 1.29 is 14.6 Å². The maximum atomic E-state index is 12.8. The number of hydrogen-bond donors (Lipinski definition) is 2. The number of ether oxygens (including phenoxy) is 1. The summed E-state index contributed by atoms with van der Waals surface area (Å²) in [6.07, 6.45) is 4.78. The van der Waals surface area contributed by atoms with Gasteiger partial charge in [0.25, 0.3) is 0 Å². The minimum atomic E-state index is -0.632. The fourth-order valence-corrected chi connectivity index (χ4v) is 5.19. The normalized spacial score (nSPS) is 26.6. The van der Waals surface area contributed by atoms with Gasteiger partial charge in [-0.3, -0.25) is 9.69 Å². The second-order valence-corrected chi connectivity index (χ2v) is 8.81. The van der Waals surface area contributed by atoms with Crippen LogP contribution >= 0.6 is 0 Å². The van der Waals surface area contributed by atoms with Crippen LogP contribution < -0.4 is 10.1 Å². The highest BCUT2D eigenvalue weighted by molar-refractivity contribution is 5.92. The van der Waals surface area contributed by atoms with Crippen LogP contribution in [-0.2, 0) is 4.79 Å². The summed E-state index contributed by atoms with van der Waals surface area (Å²) in [4.78, 5) is 15.1. The smallest absolute Gasteiger partial charge is 0.238 e. The fourth-order valence-electron chi connectivity index (χ4n) is 5.19. The number of likely N-dealkylation sites (tertiary alicyclic amines) is 1. The zero-order valence-corrected chi connectivity index (χ0v) is 17.9. The number of aliphatic hydroxyl groups is 1. The van der Waals surface area contributed by atoms with E-state index in [-0.39, 0.29) is 17.9 Å². The Morgan fingerprint density at radius 1 is 1.13 bits per heavy atom. The van der Waals surface area contributed by atoms with Crippen LogP contribution in [-0.4, -0.2) is 41.7 Å². The number of hydrogen-bond acceptors (Lipinski definition) is 4. The number of methoxy groups -OCH3 is 1. The molecule has 3 atom stereocenters. The van der Waals surface area contributed by atoms with Crippen LogP contribution in [0.25, 0.3) is 0 Å². The van der Waals surface area contributed by atoms with E-state index < -0.39 is 5.60 Å². The Kier molecular flexibility index (Phi) is 6.11. The zero-order chi connectivity index (χ0) is 21.1. The fraction of sp³-hybridized carbons (Fsp3) is 0.480. The van der Waals surface area contributed by atoms with Crippen molar-refractivity contribution in [2.45, 2.75) is 50.7 Å². The summed E-state index contributed by atoms with van der Waals surface area (Å²) in [6, 6.07) is 16.0. The molecule has 160 valence electrons. The van der Waals surface area contributed by atoms with Crippen molar-refractivity contribution in [2.75, 3.05) is 25.5 Å². The van der Waals surface area contributed by atoms with Crippen molar-refractivity contribution in [1.29, 1.82) is 0 Å². The van der Waals surface area contributed by atoms with E-state index >= 15 is 0 Å². The van der Waals surface area contributed by atoms with Gasteiger partial charge in [-0.05, 0) is 56.0 Å². The minimum absolute atomic E-state index is 0.0152. The molecule has 5 heteroatoms. The van der Waals surface area contributed by atoms with Gasteiger partial charge in [-0.25, -0.2) is 0 Å². The molecular weight excluding hydrogens is 376 g/mol. The van der Waals surface area contributed by atoms with Gasteiger partial charge in [-0.1, -0.05) is 42.7 Å². The molecule has 2 aliphatic rings. The van der Waals surface area contributed by atoms with Gasteiger partial charge in [0.2, 0.25) is 5.91 Å². The van der Waals surface area contributed by atoms with Crippen LogP contribution in [0.4, 0.5) is 5.69 Å². The molecule has 0 spiro atoms. The summed E-state index contributed by atoms with van der Waals surface area (Å²) < 4.78 is 5.32. The van der Waals surface area contributed by atoms with Crippen molar-refractivity contribution >= 4 is 11.6 Å². The van der Waals surface area contributed by atoms with Crippen LogP contribution in [0.3, 0.4) is 0 Å². The van der Waals surface area contributed by atoms with E-state index in [0.29, 0.717) is 13.1 Å². The predicted molar refractivity (Wildman–Crippen MR) is 119 cm³/mol. The summed E-state index contributed by atoms with van der Waals surface area (Å²) in [7, 11) is 1.66. The average Bonchev–Trinajstić information content (AvgIpc) is 2.75. The lowest BCUT2D eigenvalue weighted by molar-refractivity contribution is -0.135. The highest BCUT2D eigenvalue weighted by Crippen LogP contribution is 2.49. The van der Waals surface area contributed by atoms with Gasteiger partial charge < -0.3 is 15.2 Å². The van der Waals surface area contributed by atoms with Crippen LogP contribution in [0.2, 0.25) is 0 Å². The maximum absolute atomic E-state index is 12.8. The molecule has 2 fully saturated rings.